The molecule has 0 spiro atoms. The summed E-state index contributed by atoms with van der Waals surface area (Å²) >= 11 is 0. The number of urea groups is 1. The summed E-state index contributed by atoms with van der Waals surface area (Å²) in [6.45, 7) is 0. The molecule has 27 heavy (non-hydrogen) atoms. The summed E-state index contributed by atoms with van der Waals surface area (Å²) in [4.78, 5) is 25.2. The number of halogens is 1. The number of hydrogen-bond donors (Lipinski definition) is 2. The van der Waals surface area contributed by atoms with Crippen LogP contribution in [0.2, 0.25) is 0 Å². The van der Waals surface area contributed by atoms with Gasteiger partial charge in [-0.3, -0.25) is 15.3 Å². The molecule has 132 valence electrons. The minimum absolute atomic E-state index is 0.371. The van der Waals surface area contributed by atoms with E-state index >= 15 is 0 Å². The molecule has 2 N–H and O–H groups in total. The van der Waals surface area contributed by atoms with Gasteiger partial charge < -0.3 is 5.32 Å². The largest absolute Gasteiger partial charge is 0.324 e. The van der Waals surface area contributed by atoms with Gasteiger partial charge >= 0.3 is 6.03 Å². The summed E-state index contributed by atoms with van der Waals surface area (Å²) < 4.78 is 13.0. The number of carbonyl (C=O) groups excluding carboxylic acids is 1. The highest BCUT2D eigenvalue weighted by Crippen LogP contribution is 2.29. The van der Waals surface area contributed by atoms with Crippen LogP contribution in [0.1, 0.15) is 0 Å². The number of anilines is 2. The molecule has 6 nitrogen and oxygen atoms in total. The number of fused-ring (bicyclic) bond motifs is 1. The lowest BCUT2D eigenvalue weighted by Gasteiger charge is -2.12. The molecule has 0 aliphatic heterocycles. The van der Waals surface area contributed by atoms with Gasteiger partial charge in [-0.2, -0.15) is 0 Å². The Morgan fingerprint density at radius 2 is 1.74 bits per heavy atom. The van der Waals surface area contributed by atoms with Crippen LogP contribution in [-0.2, 0) is 0 Å². The summed E-state index contributed by atoms with van der Waals surface area (Å²) in [5, 5.41) is 6.27. The first-order chi connectivity index (χ1) is 13.2. The van der Waals surface area contributed by atoms with Crippen molar-refractivity contribution < 1.29 is 9.18 Å². The van der Waals surface area contributed by atoms with Crippen molar-refractivity contribution in [3.8, 4) is 11.1 Å². The summed E-state index contributed by atoms with van der Waals surface area (Å²) in [5.74, 6) is 0.0194. The van der Waals surface area contributed by atoms with Crippen LogP contribution in [0.25, 0.3) is 22.0 Å². The van der Waals surface area contributed by atoms with Gasteiger partial charge in [0.1, 0.15) is 11.6 Å². The van der Waals surface area contributed by atoms with Crippen LogP contribution in [-0.4, -0.2) is 21.0 Å². The van der Waals surface area contributed by atoms with Crippen molar-refractivity contribution >= 4 is 28.4 Å². The van der Waals surface area contributed by atoms with Crippen LogP contribution in [0.4, 0.5) is 20.7 Å². The van der Waals surface area contributed by atoms with Crippen LogP contribution in [0.15, 0.2) is 73.3 Å². The monoisotopic (exact) mass is 359 g/mol. The highest BCUT2D eigenvalue weighted by atomic mass is 19.1. The highest BCUT2D eigenvalue weighted by Gasteiger charge is 2.13. The fourth-order valence-corrected chi connectivity index (χ4v) is 2.66. The smallest absolute Gasteiger partial charge is 0.308 e. The normalized spacial score (nSPS) is 10.6. The zero-order valence-electron chi connectivity index (χ0n) is 14.1. The lowest BCUT2D eigenvalue weighted by molar-refractivity contribution is 0.262. The molecule has 0 unspecified atom stereocenters. The molecule has 4 aromatic rings. The van der Waals surface area contributed by atoms with Gasteiger partial charge in [-0.15, -0.1) is 0 Å². The number of hydrogen-bond acceptors (Lipinski definition) is 4. The van der Waals surface area contributed by atoms with Crippen molar-refractivity contribution in [2.24, 2.45) is 0 Å². The predicted molar refractivity (Wildman–Crippen MR) is 102 cm³/mol. The first kappa shape index (κ1) is 16.6. The topological polar surface area (TPSA) is 79.8 Å². The number of rotatable bonds is 3. The molecular formula is C20H14FN5O. The number of carbonyl (C=O) groups is 1. The molecule has 3 aromatic heterocycles. The van der Waals surface area contributed by atoms with Crippen LogP contribution >= 0.6 is 0 Å². The Hall–Kier alpha value is -3.87. The zero-order valence-corrected chi connectivity index (χ0v) is 14.1. The Labute approximate surface area is 154 Å². The van der Waals surface area contributed by atoms with Crippen molar-refractivity contribution in [3.63, 3.8) is 0 Å². The second kappa shape index (κ2) is 7.17. The number of nitrogens with zero attached hydrogens (tertiary/aromatic N) is 3. The van der Waals surface area contributed by atoms with E-state index < -0.39 is 6.03 Å². The second-order valence-corrected chi connectivity index (χ2v) is 5.78. The Morgan fingerprint density at radius 1 is 0.926 bits per heavy atom. The Balaban J connectivity index is 1.69. The SMILES string of the molecule is O=C(Nc1ccc(F)cc1)Nc1nc2ccncc2cc1-c1cccnc1. The first-order valence-corrected chi connectivity index (χ1v) is 8.18. The van der Waals surface area contributed by atoms with E-state index in [2.05, 4.69) is 25.6 Å². The van der Waals surface area contributed by atoms with Gasteiger partial charge in [-0.1, -0.05) is 6.07 Å². The molecule has 4 rings (SSSR count). The maximum atomic E-state index is 13.0. The molecule has 0 aliphatic carbocycles. The Morgan fingerprint density at radius 3 is 2.52 bits per heavy atom. The van der Waals surface area contributed by atoms with Gasteiger partial charge in [0.05, 0.1) is 5.52 Å². The van der Waals surface area contributed by atoms with E-state index in [1.807, 2.05) is 18.2 Å². The molecule has 0 saturated heterocycles. The maximum Gasteiger partial charge on any atom is 0.324 e. The van der Waals surface area contributed by atoms with Crippen LogP contribution < -0.4 is 10.6 Å². The van der Waals surface area contributed by atoms with E-state index in [1.165, 1.54) is 24.3 Å². The highest BCUT2D eigenvalue weighted by molar-refractivity contribution is 6.02. The summed E-state index contributed by atoms with van der Waals surface area (Å²) in [5.41, 5.74) is 2.71. The average Bonchev–Trinajstić information content (AvgIpc) is 2.70. The van der Waals surface area contributed by atoms with Crippen molar-refractivity contribution in [2.75, 3.05) is 10.6 Å². The molecule has 7 heteroatoms. The second-order valence-electron chi connectivity index (χ2n) is 5.78. The molecule has 0 aliphatic rings. The van der Waals surface area contributed by atoms with E-state index in [4.69, 9.17) is 0 Å². The number of amides is 2. The average molecular weight is 359 g/mol. The Kier molecular flexibility index (Phi) is 4.40. The Bertz CT molecular complexity index is 1100. The van der Waals surface area contributed by atoms with Gasteiger partial charge in [0, 0.05) is 47.0 Å². The maximum absolute atomic E-state index is 13.0. The third-order valence-corrected chi connectivity index (χ3v) is 3.92. The number of benzene rings is 1. The fraction of sp³-hybridized carbons (Fsp3) is 0. The van der Waals surface area contributed by atoms with E-state index in [9.17, 15) is 9.18 Å². The lowest BCUT2D eigenvalue weighted by atomic mass is 10.1. The quantitative estimate of drug-likeness (QED) is 0.565. The lowest BCUT2D eigenvalue weighted by Crippen LogP contribution is -2.20. The van der Waals surface area contributed by atoms with Gasteiger partial charge in [0.25, 0.3) is 0 Å². The van der Waals surface area contributed by atoms with Gasteiger partial charge in [0.15, 0.2) is 0 Å². The molecule has 0 atom stereocenters. The zero-order chi connectivity index (χ0) is 18.6. The first-order valence-electron chi connectivity index (χ1n) is 8.18. The van der Waals surface area contributed by atoms with E-state index in [-0.39, 0.29) is 5.82 Å². The van der Waals surface area contributed by atoms with Crippen LogP contribution in [0.3, 0.4) is 0 Å². The number of pyridine rings is 3. The standard InChI is InChI=1S/C20H14FN5O/c21-15-3-5-16(6-4-15)24-20(27)26-19-17(13-2-1-8-22-11-13)10-14-12-23-9-7-18(14)25-19/h1-12H,(H2,24,25,26,27). The third-order valence-electron chi connectivity index (χ3n) is 3.92. The van der Waals surface area contributed by atoms with Crippen molar-refractivity contribution in [1.29, 1.82) is 0 Å². The van der Waals surface area contributed by atoms with E-state index in [0.717, 1.165) is 16.5 Å². The molecule has 2 amide bonds. The summed E-state index contributed by atoms with van der Waals surface area (Å²) in [6.07, 6.45) is 6.72. The summed E-state index contributed by atoms with van der Waals surface area (Å²) in [6, 6.07) is 12.4. The summed E-state index contributed by atoms with van der Waals surface area (Å²) in [7, 11) is 0. The van der Waals surface area contributed by atoms with Gasteiger partial charge in [-0.25, -0.2) is 14.2 Å². The van der Waals surface area contributed by atoms with Crippen LogP contribution in [0, 0.1) is 5.82 Å². The van der Waals surface area contributed by atoms with E-state index in [1.54, 1.807) is 30.9 Å². The van der Waals surface area contributed by atoms with Crippen molar-refractivity contribution in [1.82, 2.24) is 15.0 Å². The molecule has 0 bridgehead atoms. The van der Waals surface area contributed by atoms with Crippen LogP contribution in [0.5, 0.6) is 0 Å². The minimum Gasteiger partial charge on any atom is -0.308 e. The minimum atomic E-state index is -0.479. The third kappa shape index (κ3) is 3.72. The van der Waals surface area contributed by atoms with Crippen molar-refractivity contribution in [2.45, 2.75) is 0 Å². The number of nitrogens with one attached hydrogen (secondary N) is 2. The van der Waals surface area contributed by atoms with Gasteiger partial charge in [-0.05, 0) is 42.5 Å². The molecule has 0 radical (unpaired) electrons. The predicted octanol–water partition coefficient (Wildman–Crippen LogP) is 4.47. The van der Waals surface area contributed by atoms with E-state index in [0.29, 0.717) is 17.0 Å². The fourth-order valence-electron chi connectivity index (χ4n) is 2.66. The van der Waals surface area contributed by atoms with Gasteiger partial charge in [0.2, 0.25) is 0 Å². The molecule has 3 heterocycles. The molecule has 0 saturated carbocycles. The molecule has 0 fully saturated rings. The molecule has 1 aromatic carbocycles. The molecular weight excluding hydrogens is 345 g/mol. The van der Waals surface area contributed by atoms with Crippen molar-refractivity contribution in [3.05, 3.63) is 79.1 Å². The number of aromatic nitrogens is 3.